The minimum atomic E-state index is -4.48. The van der Waals surface area contributed by atoms with Crippen LogP contribution in [-0.4, -0.2) is 16.2 Å². The van der Waals surface area contributed by atoms with Crippen LogP contribution < -0.4 is 9.47 Å². The number of phenols is 1. The second-order valence-electron chi connectivity index (χ2n) is 6.31. The summed E-state index contributed by atoms with van der Waals surface area (Å²) in [5.41, 5.74) is -0.455. The molecule has 0 amide bonds. The first kappa shape index (κ1) is 22.6. The fraction of sp³-hybridized carbons (Fsp3) is 0.0952. The van der Waals surface area contributed by atoms with Crippen LogP contribution in [0.15, 0.2) is 54.6 Å². The number of hydrogen-bond donors (Lipinski definition) is 2. The fourth-order valence-electron chi connectivity index (χ4n) is 2.58. The molecule has 0 saturated heterocycles. The van der Waals surface area contributed by atoms with Crippen LogP contribution in [0.1, 0.15) is 11.1 Å². The highest BCUT2D eigenvalue weighted by Gasteiger charge is 2.30. The van der Waals surface area contributed by atoms with Gasteiger partial charge in [-0.25, -0.2) is 0 Å². The molecule has 31 heavy (non-hydrogen) atoms. The highest BCUT2D eigenvalue weighted by atomic mass is 35.5. The molecule has 0 unspecified atom stereocenters. The highest BCUT2D eigenvalue weighted by Crippen LogP contribution is 2.41. The van der Waals surface area contributed by atoms with E-state index < -0.39 is 17.7 Å². The average molecular weight is 473 g/mol. The molecule has 0 atom stereocenters. The molecule has 5 nitrogen and oxygen atoms in total. The molecular formula is C21H13Cl2F3O5. The molecule has 0 saturated carbocycles. The van der Waals surface area contributed by atoms with Gasteiger partial charge in [0, 0.05) is 6.07 Å². The third kappa shape index (κ3) is 5.74. The van der Waals surface area contributed by atoms with Crippen LogP contribution >= 0.6 is 23.2 Å². The van der Waals surface area contributed by atoms with E-state index in [0.717, 1.165) is 24.3 Å². The van der Waals surface area contributed by atoms with Gasteiger partial charge in [-0.3, -0.25) is 4.79 Å². The van der Waals surface area contributed by atoms with Crippen LogP contribution in [-0.2, 0) is 17.4 Å². The molecule has 0 spiro atoms. The summed E-state index contributed by atoms with van der Waals surface area (Å²) < 4.78 is 49.1. The molecule has 10 heteroatoms. The van der Waals surface area contributed by atoms with E-state index in [1.54, 1.807) is 0 Å². The van der Waals surface area contributed by atoms with Gasteiger partial charge in [-0.05, 0) is 54.1 Å². The number of carboxylic acids is 1. The van der Waals surface area contributed by atoms with Gasteiger partial charge < -0.3 is 19.7 Å². The summed E-state index contributed by atoms with van der Waals surface area (Å²) in [4.78, 5) is 10.8. The maximum absolute atomic E-state index is 12.7. The van der Waals surface area contributed by atoms with E-state index in [0.29, 0.717) is 5.56 Å². The zero-order valence-electron chi connectivity index (χ0n) is 15.4. The molecule has 0 aliphatic heterocycles. The van der Waals surface area contributed by atoms with Crippen molar-refractivity contribution in [3.8, 4) is 28.7 Å². The molecule has 3 aromatic carbocycles. The fourth-order valence-corrected chi connectivity index (χ4v) is 3.19. The molecule has 0 fully saturated rings. The van der Waals surface area contributed by atoms with E-state index in [-0.39, 0.29) is 45.2 Å². The van der Waals surface area contributed by atoms with Crippen LogP contribution in [0.4, 0.5) is 13.2 Å². The van der Waals surface area contributed by atoms with Gasteiger partial charge in [-0.15, -0.1) is 0 Å². The summed E-state index contributed by atoms with van der Waals surface area (Å²) in [5.74, 6) is -1.12. The average Bonchev–Trinajstić information content (AvgIpc) is 2.66. The molecule has 0 bridgehead atoms. The van der Waals surface area contributed by atoms with Crippen LogP contribution in [0.5, 0.6) is 28.7 Å². The van der Waals surface area contributed by atoms with E-state index in [1.165, 1.54) is 30.3 Å². The highest BCUT2D eigenvalue weighted by molar-refractivity contribution is 6.37. The minimum Gasteiger partial charge on any atom is -0.504 e. The van der Waals surface area contributed by atoms with Crippen molar-refractivity contribution in [2.45, 2.75) is 12.6 Å². The lowest BCUT2D eigenvalue weighted by atomic mass is 10.1. The van der Waals surface area contributed by atoms with E-state index >= 15 is 0 Å². The van der Waals surface area contributed by atoms with Gasteiger partial charge in [-0.1, -0.05) is 23.2 Å². The van der Waals surface area contributed by atoms with Crippen molar-refractivity contribution in [3.05, 3.63) is 75.8 Å². The zero-order chi connectivity index (χ0) is 22.8. The Morgan fingerprint density at radius 1 is 0.903 bits per heavy atom. The van der Waals surface area contributed by atoms with E-state index in [1.807, 2.05) is 0 Å². The minimum absolute atomic E-state index is 0.0589. The van der Waals surface area contributed by atoms with E-state index in [4.69, 9.17) is 37.8 Å². The van der Waals surface area contributed by atoms with Crippen molar-refractivity contribution in [2.75, 3.05) is 0 Å². The van der Waals surface area contributed by atoms with Crippen molar-refractivity contribution in [1.82, 2.24) is 0 Å². The summed E-state index contributed by atoms with van der Waals surface area (Å²) in [7, 11) is 0. The smallest absolute Gasteiger partial charge is 0.416 e. The number of rotatable bonds is 6. The standard InChI is InChI=1S/C21H13Cl2F3O5/c22-15-7-11(9-19(28)29)8-16(23)20(15)31-14-5-6-17(27)18(10-14)30-13-3-1-12(2-4-13)21(24,25)26/h1-8,10,27H,9H2,(H,28,29). The molecule has 0 aliphatic carbocycles. The first-order chi connectivity index (χ1) is 14.5. The lowest BCUT2D eigenvalue weighted by Gasteiger charge is -2.14. The Balaban J connectivity index is 1.82. The van der Waals surface area contributed by atoms with Crippen molar-refractivity contribution < 1.29 is 37.7 Å². The maximum atomic E-state index is 12.7. The van der Waals surface area contributed by atoms with Gasteiger partial charge in [0.1, 0.15) is 11.5 Å². The molecule has 0 heterocycles. The number of alkyl halides is 3. The van der Waals surface area contributed by atoms with Gasteiger partial charge in [0.25, 0.3) is 0 Å². The van der Waals surface area contributed by atoms with Crippen molar-refractivity contribution in [2.24, 2.45) is 0 Å². The van der Waals surface area contributed by atoms with E-state index in [9.17, 15) is 23.1 Å². The van der Waals surface area contributed by atoms with Crippen LogP contribution in [0.2, 0.25) is 10.0 Å². The van der Waals surface area contributed by atoms with Crippen LogP contribution in [0.25, 0.3) is 0 Å². The van der Waals surface area contributed by atoms with Gasteiger partial charge in [0.2, 0.25) is 0 Å². The number of ether oxygens (including phenoxy) is 2. The van der Waals surface area contributed by atoms with Crippen molar-refractivity contribution >= 4 is 29.2 Å². The first-order valence-electron chi connectivity index (χ1n) is 8.58. The van der Waals surface area contributed by atoms with Crippen molar-refractivity contribution in [3.63, 3.8) is 0 Å². The molecule has 162 valence electrons. The molecule has 0 aromatic heterocycles. The summed E-state index contributed by atoms with van der Waals surface area (Å²) in [6.07, 6.45) is -4.75. The number of phenolic OH excluding ortho intramolecular Hbond substituents is 1. The second kappa shape index (κ2) is 8.95. The SMILES string of the molecule is O=C(O)Cc1cc(Cl)c(Oc2ccc(O)c(Oc3ccc(C(F)(F)F)cc3)c2)c(Cl)c1. The molecule has 2 N–H and O–H groups in total. The number of aliphatic carboxylic acids is 1. The lowest BCUT2D eigenvalue weighted by molar-refractivity contribution is -0.138. The lowest BCUT2D eigenvalue weighted by Crippen LogP contribution is -2.04. The van der Waals surface area contributed by atoms with E-state index in [2.05, 4.69) is 0 Å². The van der Waals surface area contributed by atoms with Crippen molar-refractivity contribution in [1.29, 1.82) is 0 Å². The second-order valence-corrected chi connectivity index (χ2v) is 7.13. The predicted molar refractivity (Wildman–Crippen MR) is 108 cm³/mol. The number of aromatic hydroxyl groups is 1. The Hall–Kier alpha value is -3.10. The number of carboxylic acid groups (broad SMARTS) is 1. The summed E-state index contributed by atoms with van der Waals surface area (Å²) >= 11 is 12.3. The number of benzene rings is 3. The maximum Gasteiger partial charge on any atom is 0.416 e. The zero-order valence-corrected chi connectivity index (χ0v) is 16.9. The van der Waals surface area contributed by atoms with Crippen LogP contribution in [0, 0.1) is 0 Å². The molecule has 0 radical (unpaired) electrons. The van der Waals surface area contributed by atoms with Gasteiger partial charge >= 0.3 is 12.1 Å². The molecule has 3 rings (SSSR count). The van der Waals surface area contributed by atoms with Gasteiger partial charge in [0.15, 0.2) is 17.2 Å². The number of halogens is 5. The summed E-state index contributed by atoms with van der Waals surface area (Å²) in [6, 6.07) is 10.7. The molecule has 0 aliphatic rings. The van der Waals surface area contributed by atoms with Gasteiger partial charge in [0.05, 0.1) is 22.0 Å². The van der Waals surface area contributed by atoms with Crippen LogP contribution in [0.3, 0.4) is 0 Å². The molecule has 3 aromatic rings. The largest absolute Gasteiger partial charge is 0.504 e. The third-order valence-electron chi connectivity index (χ3n) is 3.97. The summed E-state index contributed by atoms with van der Waals surface area (Å²) in [6.45, 7) is 0. The topological polar surface area (TPSA) is 76.0 Å². The Kier molecular flexibility index (Phi) is 6.52. The Bertz CT molecular complexity index is 1090. The molecular weight excluding hydrogens is 460 g/mol. The Morgan fingerprint density at radius 2 is 1.48 bits per heavy atom. The summed E-state index contributed by atoms with van der Waals surface area (Å²) in [5, 5.41) is 19.0. The Morgan fingerprint density at radius 3 is 2.03 bits per heavy atom. The quantitative estimate of drug-likeness (QED) is 0.406. The number of hydrogen-bond acceptors (Lipinski definition) is 4. The monoisotopic (exact) mass is 472 g/mol. The van der Waals surface area contributed by atoms with Gasteiger partial charge in [-0.2, -0.15) is 13.2 Å². The Labute approximate surface area is 184 Å². The number of carbonyl (C=O) groups is 1. The normalized spacial score (nSPS) is 11.3. The predicted octanol–water partition coefficient (Wildman–Crippen LogP) is 6.93. The first-order valence-corrected chi connectivity index (χ1v) is 9.34. The third-order valence-corrected chi connectivity index (χ3v) is 4.54.